The predicted octanol–water partition coefficient (Wildman–Crippen LogP) is 2.62. The summed E-state index contributed by atoms with van der Waals surface area (Å²) < 4.78 is 0. The third kappa shape index (κ3) is 2.06. The van der Waals surface area contributed by atoms with Crippen molar-refractivity contribution in [3.63, 3.8) is 0 Å². The van der Waals surface area contributed by atoms with Gasteiger partial charge in [-0.15, -0.1) is 8.58 Å². The Morgan fingerprint density at radius 1 is 1.33 bits per heavy atom. The maximum atomic E-state index is 11.8. The topological polar surface area (TPSA) is 20.3 Å². The second kappa shape index (κ2) is 3.45. The summed E-state index contributed by atoms with van der Waals surface area (Å²) in [5.41, 5.74) is 0. The molecule has 2 atom stereocenters. The molecule has 0 saturated carbocycles. The SMILES string of the molecule is CC1(C)CC(N2CCCC2=O)C(C)(C)P1. The molecule has 0 spiro atoms. The normalized spacial score (nSPS) is 35.3. The van der Waals surface area contributed by atoms with Crippen LogP contribution >= 0.6 is 8.58 Å². The number of nitrogens with zero attached hydrogens (tertiary/aromatic N) is 1. The lowest BCUT2D eigenvalue weighted by atomic mass is 9.93. The number of hydrogen-bond donors (Lipinski definition) is 0. The third-order valence-corrected chi connectivity index (χ3v) is 5.54. The van der Waals surface area contributed by atoms with Crippen molar-refractivity contribution < 1.29 is 4.79 Å². The molecule has 2 fully saturated rings. The maximum Gasteiger partial charge on any atom is 0.222 e. The molecular weight excluding hydrogens is 205 g/mol. The Hall–Kier alpha value is -0.100. The first-order chi connectivity index (χ1) is 6.82. The number of likely N-dealkylation sites (tertiary alicyclic amines) is 1. The van der Waals surface area contributed by atoms with Gasteiger partial charge in [-0.1, -0.05) is 27.7 Å². The molecule has 0 N–H and O–H groups in total. The molecule has 1 amide bonds. The third-order valence-electron chi connectivity index (χ3n) is 3.68. The molecule has 2 aliphatic rings. The quantitative estimate of drug-likeness (QED) is 0.630. The lowest BCUT2D eigenvalue weighted by Gasteiger charge is -2.34. The molecule has 2 heterocycles. The van der Waals surface area contributed by atoms with Crippen molar-refractivity contribution in [2.24, 2.45) is 0 Å². The van der Waals surface area contributed by atoms with Gasteiger partial charge < -0.3 is 4.90 Å². The van der Waals surface area contributed by atoms with Gasteiger partial charge in [-0.3, -0.25) is 4.79 Å². The highest BCUT2D eigenvalue weighted by atomic mass is 31.1. The summed E-state index contributed by atoms with van der Waals surface area (Å²) in [6, 6.07) is 0.487. The predicted molar refractivity (Wildman–Crippen MR) is 65.8 cm³/mol. The zero-order valence-electron chi connectivity index (χ0n) is 10.3. The Labute approximate surface area is 94.6 Å². The zero-order valence-corrected chi connectivity index (χ0v) is 11.3. The fourth-order valence-corrected chi connectivity index (χ4v) is 5.71. The number of carbonyl (C=O) groups is 1. The van der Waals surface area contributed by atoms with E-state index in [0.717, 1.165) is 28.0 Å². The van der Waals surface area contributed by atoms with Crippen molar-refractivity contribution in [1.29, 1.82) is 0 Å². The highest BCUT2D eigenvalue weighted by Gasteiger charge is 2.48. The number of hydrogen-bond acceptors (Lipinski definition) is 1. The molecule has 0 bridgehead atoms. The van der Waals surface area contributed by atoms with Gasteiger partial charge in [0.05, 0.1) is 0 Å². The van der Waals surface area contributed by atoms with Gasteiger partial charge in [-0.2, -0.15) is 0 Å². The molecule has 2 aliphatic heterocycles. The highest BCUT2D eigenvalue weighted by molar-refractivity contribution is 7.42. The molecule has 0 radical (unpaired) electrons. The van der Waals surface area contributed by atoms with Crippen LogP contribution in [0.3, 0.4) is 0 Å². The molecular formula is C12H22NOP. The second-order valence-corrected chi connectivity index (χ2v) is 9.03. The molecule has 3 heteroatoms. The fourth-order valence-electron chi connectivity index (χ4n) is 3.24. The Balaban J connectivity index is 2.18. The first kappa shape index (κ1) is 11.4. The van der Waals surface area contributed by atoms with Gasteiger partial charge in [-0.25, -0.2) is 0 Å². The molecule has 0 aliphatic carbocycles. The van der Waals surface area contributed by atoms with E-state index in [1.165, 1.54) is 6.42 Å². The van der Waals surface area contributed by atoms with Crippen molar-refractivity contribution in [3.8, 4) is 0 Å². The Bertz CT molecular complexity index is 285. The smallest absolute Gasteiger partial charge is 0.222 e. The molecule has 15 heavy (non-hydrogen) atoms. The fraction of sp³-hybridized carbons (Fsp3) is 0.917. The minimum atomic E-state index is 0.323. The minimum absolute atomic E-state index is 0.323. The van der Waals surface area contributed by atoms with Crippen molar-refractivity contribution in [2.45, 2.75) is 63.3 Å². The van der Waals surface area contributed by atoms with Gasteiger partial charge in [0.1, 0.15) is 0 Å². The molecule has 0 aromatic heterocycles. The number of amides is 1. The summed E-state index contributed by atoms with van der Waals surface area (Å²) in [5, 5.41) is 0.751. The lowest BCUT2D eigenvalue weighted by Crippen LogP contribution is -2.45. The van der Waals surface area contributed by atoms with Crippen molar-refractivity contribution in [1.82, 2.24) is 4.90 Å². The van der Waals surface area contributed by atoms with E-state index >= 15 is 0 Å². The molecule has 0 aromatic rings. The lowest BCUT2D eigenvalue weighted by molar-refractivity contribution is -0.130. The highest BCUT2D eigenvalue weighted by Crippen LogP contribution is 2.57. The van der Waals surface area contributed by atoms with Crippen LogP contribution in [0.1, 0.15) is 47.0 Å². The van der Waals surface area contributed by atoms with Crippen LogP contribution < -0.4 is 0 Å². The minimum Gasteiger partial charge on any atom is -0.339 e. The van der Waals surface area contributed by atoms with Gasteiger partial charge in [0.15, 0.2) is 0 Å². The first-order valence-corrected chi connectivity index (χ1v) is 6.91. The van der Waals surface area contributed by atoms with Gasteiger partial charge in [0.2, 0.25) is 5.91 Å². The molecule has 2 saturated heterocycles. The van der Waals surface area contributed by atoms with E-state index in [2.05, 4.69) is 32.6 Å². The molecule has 0 aromatic carbocycles. The Kier molecular flexibility index (Phi) is 2.62. The van der Waals surface area contributed by atoms with E-state index in [4.69, 9.17) is 0 Å². The summed E-state index contributed by atoms with van der Waals surface area (Å²) in [6.07, 6.45) is 3.02. The van der Waals surface area contributed by atoms with E-state index in [9.17, 15) is 4.79 Å². The Morgan fingerprint density at radius 3 is 2.40 bits per heavy atom. The average Bonchev–Trinajstić information content (AvgIpc) is 2.52. The number of carbonyl (C=O) groups excluding carboxylic acids is 1. The van der Waals surface area contributed by atoms with Crippen LogP contribution in [-0.2, 0) is 4.79 Å². The van der Waals surface area contributed by atoms with Gasteiger partial charge in [0.25, 0.3) is 0 Å². The summed E-state index contributed by atoms with van der Waals surface area (Å²) >= 11 is 0. The van der Waals surface area contributed by atoms with E-state index in [0.29, 0.717) is 22.3 Å². The van der Waals surface area contributed by atoms with E-state index < -0.39 is 0 Å². The first-order valence-electron chi connectivity index (χ1n) is 5.91. The van der Waals surface area contributed by atoms with Crippen LogP contribution in [0.25, 0.3) is 0 Å². The van der Waals surface area contributed by atoms with Crippen LogP contribution in [-0.4, -0.2) is 33.7 Å². The van der Waals surface area contributed by atoms with Crippen molar-refractivity contribution in [2.75, 3.05) is 6.54 Å². The van der Waals surface area contributed by atoms with Gasteiger partial charge >= 0.3 is 0 Å². The summed E-state index contributed by atoms with van der Waals surface area (Å²) in [6.45, 7) is 10.3. The van der Waals surface area contributed by atoms with Crippen LogP contribution in [0.4, 0.5) is 0 Å². The van der Waals surface area contributed by atoms with Crippen LogP contribution in [0.2, 0.25) is 0 Å². The van der Waals surface area contributed by atoms with Crippen molar-refractivity contribution >= 4 is 14.5 Å². The van der Waals surface area contributed by atoms with E-state index in [-0.39, 0.29) is 0 Å². The molecule has 86 valence electrons. The summed E-state index contributed by atoms with van der Waals surface area (Å²) in [7, 11) is 0.965. The summed E-state index contributed by atoms with van der Waals surface area (Å²) in [5.74, 6) is 0.385. The van der Waals surface area contributed by atoms with E-state index in [1.807, 2.05) is 0 Å². The number of rotatable bonds is 1. The molecule has 2 rings (SSSR count). The second-order valence-electron chi connectivity index (χ2n) is 6.14. The van der Waals surface area contributed by atoms with E-state index in [1.54, 1.807) is 0 Å². The van der Waals surface area contributed by atoms with Crippen LogP contribution in [0, 0.1) is 0 Å². The van der Waals surface area contributed by atoms with Gasteiger partial charge in [-0.05, 0) is 18.0 Å². The largest absolute Gasteiger partial charge is 0.339 e. The molecule has 2 nitrogen and oxygen atoms in total. The Morgan fingerprint density at radius 2 is 2.00 bits per heavy atom. The maximum absolute atomic E-state index is 11.8. The van der Waals surface area contributed by atoms with Crippen LogP contribution in [0.5, 0.6) is 0 Å². The average molecular weight is 227 g/mol. The van der Waals surface area contributed by atoms with Crippen molar-refractivity contribution in [3.05, 3.63) is 0 Å². The van der Waals surface area contributed by atoms with Crippen LogP contribution in [0.15, 0.2) is 0 Å². The summed E-state index contributed by atoms with van der Waals surface area (Å²) in [4.78, 5) is 13.9. The zero-order chi connectivity index (χ0) is 11.3. The monoisotopic (exact) mass is 227 g/mol. The standard InChI is InChI=1S/C12H22NOP/c1-11(2)8-9(12(3,4)15-11)13-7-5-6-10(13)14/h9,15H,5-8H2,1-4H3. The van der Waals surface area contributed by atoms with Gasteiger partial charge in [0, 0.05) is 24.2 Å². The molecule has 2 unspecified atom stereocenters.